The van der Waals surface area contributed by atoms with E-state index in [-0.39, 0.29) is 17.0 Å². The summed E-state index contributed by atoms with van der Waals surface area (Å²) in [5.41, 5.74) is 6.73. The van der Waals surface area contributed by atoms with Crippen LogP contribution in [0.4, 0.5) is 21.5 Å². The molecule has 0 bridgehead atoms. The van der Waals surface area contributed by atoms with E-state index in [1.54, 1.807) is 19.1 Å². The second-order valence-corrected chi connectivity index (χ2v) is 4.31. The standard InChI is InChI=1S/C15H15FN2O3/c1-2-21-14-6-4-10(8-12(14)16)18-9-3-5-13(17)11(7-9)15(19)20/h3-8,18H,2,17H2,1H3,(H,19,20). The van der Waals surface area contributed by atoms with Crippen molar-refractivity contribution in [2.75, 3.05) is 17.7 Å². The van der Waals surface area contributed by atoms with Gasteiger partial charge in [-0.3, -0.25) is 0 Å². The quantitative estimate of drug-likeness (QED) is 0.736. The largest absolute Gasteiger partial charge is 0.491 e. The molecule has 0 saturated carbocycles. The number of hydrogen-bond donors (Lipinski definition) is 3. The van der Waals surface area contributed by atoms with Crippen LogP contribution in [0.3, 0.4) is 0 Å². The zero-order chi connectivity index (χ0) is 15.4. The van der Waals surface area contributed by atoms with Gasteiger partial charge in [-0.05, 0) is 37.3 Å². The second kappa shape index (κ2) is 6.13. The molecule has 21 heavy (non-hydrogen) atoms. The first kappa shape index (κ1) is 14.6. The summed E-state index contributed by atoms with van der Waals surface area (Å²) in [6.45, 7) is 2.15. The number of benzene rings is 2. The normalized spacial score (nSPS) is 10.2. The molecule has 6 heteroatoms. The van der Waals surface area contributed by atoms with Crippen molar-refractivity contribution in [3.05, 3.63) is 47.8 Å². The number of halogens is 1. The van der Waals surface area contributed by atoms with Gasteiger partial charge in [0.2, 0.25) is 0 Å². The van der Waals surface area contributed by atoms with Crippen LogP contribution in [0, 0.1) is 5.82 Å². The van der Waals surface area contributed by atoms with Crippen molar-refractivity contribution >= 4 is 23.0 Å². The summed E-state index contributed by atoms with van der Waals surface area (Å²) in [6.07, 6.45) is 0. The predicted molar refractivity (Wildman–Crippen MR) is 78.7 cm³/mol. The maximum Gasteiger partial charge on any atom is 0.337 e. The minimum Gasteiger partial charge on any atom is -0.491 e. The van der Waals surface area contributed by atoms with Gasteiger partial charge in [0, 0.05) is 23.1 Å². The number of aromatic carboxylic acids is 1. The summed E-state index contributed by atoms with van der Waals surface area (Å²) < 4.78 is 18.8. The SMILES string of the molecule is CCOc1ccc(Nc2ccc(N)c(C(=O)O)c2)cc1F. The van der Waals surface area contributed by atoms with Crippen LogP contribution in [-0.4, -0.2) is 17.7 Å². The zero-order valence-electron chi connectivity index (χ0n) is 11.4. The third-order valence-corrected chi connectivity index (χ3v) is 2.80. The number of rotatable bonds is 5. The first-order chi connectivity index (χ1) is 10.0. The minimum atomic E-state index is -1.12. The van der Waals surface area contributed by atoms with Gasteiger partial charge < -0.3 is 20.9 Å². The van der Waals surface area contributed by atoms with Crippen molar-refractivity contribution in [3.8, 4) is 5.75 Å². The van der Waals surface area contributed by atoms with Crippen molar-refractivity contribution in [2.45, 2.75) is 6.92 Å². The van der Waals surface area contributed by atoms with Crippen molar-refractivity contribution in [1.29, 1.82) is 0 Å². The van der Waals surface area contributed by atoms with Gasteiger partial charge in [0.25, 0.3) is 0 Å². The maximum atomic E-state index is 13.7. The lowest BCUT2D eigenvalue weighted by Crippen LogP contribution is -2.03. The molecule has 0 amide bonds. The zero-order valence-corrected chi connectivity index (χ0v) is 11.4. The van der Waals surface area contributed by atoms with Crippen molar-refractivity contribution in [1.82, 2.24) is 0 Å². The Hall–Kier alpha value is -2.76. The number of nitrogen functional groups attached to an aromatic ring is 1. The van der Waals surface area contributed by atoms with E-state index in [0.717, 1.165) is 0 Å². The Morgan fingerprint density at radius 2 is 1.95 bits per heavy atom. The van der Waals surface area contributed by atoms with Crippen LogP contribution in [0.5, 0.6) is 5.75 Å². The Bertz CT molecular complexity index is 674. The molecule has 2 aromatic rings. The molecule has 0 atom stereocenters. The third kappa shape index (κ3) is 3.42. The van der Waals surface area contributed by atoms with Gasteiger partial charge >= 0.3 is 5.97 Å². The highest BCUT2D eigenvalue weighted by Crippen LogP contribution is 2.25. The van der Waals surface area contributed by atoms with Crippen LogP contribution in [0.25, 0.3) is 0 Å². The van der Waals surface area contributed by atoms with E-state index in [1.165, 1.54) is 24.3 Å². The molecule has 0 radical (unpaired) electrons. The Labute approximate surface area is 121 Å². The molecule has 2 aromatic carbocycles. The fraction of sp³-hybridized carbons (Fsp3) is 0.133. The predicted octanol–water partition coefficient (Wildman–Crippen LogP) is 3.25. The Morgan fingerprint density at radius 1 is 1.29 bits per heavy atom. The molecule has 0 aliphatic rings. The average molecular weight is 290 g/mol. The van der Waals surface area contributed by atoms with Gasteiger partial charge in [-0.2, -0.15) is 0 Å². The first-order valence-corrected chi connectivity index (χ1v) is 6.33. The van der Waals surface area contributed by atoms with E-state index in [9.17, 15) is 9.18 Å². The molecule has 4 N–H and O–H groups in total. The molecule has 0 spiro atoms. The number of anilines is 3. The summed E-state index contributed by atoms with van der Waals surface area (Å²) in [6, 6.07) is 8.93. The van der Waals surface area contributed by atoms with Crippen molar-refractivity contribution in [3.63, 3.8) is 0 Å². The molecular formula is C15H15FN2O3. The van der Waals surface area contributed by atoms with E-state index < -0.39 is 11.8 Å². The van der Waals surface area contributed by atoms with Crippen LogP contribution < -0.4 is 15.8 Å². The lowest BCUT2D eigenvalue weighted by Gasteiger charge is -2.10. The van der Waals surface area contributed by atoms with Gasteiger partial charge in [0.15, 0.2) is 11.6 Å². The van der Waals surface area contributed by atoms with Crippen molar-refractivity contribution in [2.24, 2.45) is 0 Å². The number of carboxylic acid groups (broad SMARTS) is 1. The Balaban J connectivity index is 2.24. The summed E-state index contributed by atoms with van der Waals surface area (Å²) in [5, 5.41) is 11.9. The number of carbonyl (C=O) groups is 1. The van der Waals surface area contributed by atoms with Crippen LogP contribution >= 0.6 is 0 Å². The molecule has 0 fully saturated rings. The number of hydrogen-bond acceptors (Lipinski definition) is 4. The van der Waals surface area contributed by atoms with Gasteiger partial charge in [0.1, 0.15) is 0 Å². The Morgan fingerprint density at radius 3 is 2.57 bits per heavy atom. The fourth-order valence-corrected chi connectivity index (χ4v) is 1.84. The molecule has 0 aliphatic heterocycles. The van der Waals surface area contributed by atoms with Crippen LogP contribution in [0.15, 0.2) is 36.4 Å². The van der Waals surface area contributed by atoms with Gasteiger partial charge in [-0.25, -0.2) is 9.18 Å². The molecule has 0 aliphatic carbocycles. The highest BCUT2D eigenvalue weighted by Gasteiger charge is 2.09. The topological polar surface area (TPSA) is 84.6 Å². The van der Waals surface area contributed by atoms with Gasteiger partial charge in [-0.15, -0.1) is 0 Å². The van der Waals surface area contributed by atoms with Gasteiger partial charge in [0.05, 0.1) is 12.2 Å². The van der Waals surface area contributed by atoms with E-state index in [2.05, 4.69) is 5.32 Å². The molecule has 0 aromatic heterocycles. The summed E-state index contributed by atoms with van der Waals surface area (Å²) in [5.74, 6) is -1.43. The molecular weight excluding hydrogens is 275 g/mol. The monoisotopic (exact) mass is 290 g/mol. The van der Waals surface area contributed by atoms with E-state index >= 15 is 0 Å². The second-order valence-electron chi connectivity index (χ2n) is 4.31. The summed E-state index contributed by atoms with van der Waals surface area (Å²) >= 11 is 0. The van der Waals surface area contributed by atoms with E-state index in [4.69, 9.17) is 15.6 Å². The van der Waals surface area contributed by atoms with Crippen LogP contribution in [-0.2, 0) is 0 Å². The average Bonchev–Trinajstić information content (AvgIpc) is 2.44. The number of nitrogens with one attached hydrogen (secondary N) is 1. The third-order valence-electron chi connectivity index (χ3n) is 2.80. The van der Waals surface area contributed by atoms with E-state index in [0.29, 0.717) is 18.0 Å². The molecule has 5 nitrogen and oxygen atoms in total. The van der Waals surface area contributed by atoms with Gasteiger partial charge in [-0.1, -0.05) is 0 Å². The Kier molecular flexibility index (Phi) is 4.27. The van der Waals surface area contributed by atoms with E-state index in [1.807, 2.05) is 0 Å². The molecule has 110 valence electrons. The maximum absolute atomic E-state index is 13.7. The summed E-state index contributed by atoms with van der Waals surface area (Å²) in [7, 11) is 0. The first-order valence-electron chi connectivity index (χ1n) is 6.33. The molecule has 2 rings (SSSR count). The molecule has 0 saturated heterocycles. The molecule has 0 unspecified atom stereocenters. The van der Waals surface area contributed by atoms with Crippen molar-refractivity contribution < 1.29 is 19.0 Å². The van der Waals surface area contributed by atoms with Crippen LogP contribution in [0.1, 0.15) is 17.3 Å². The fourth-order valence-electron chi connectivity index (χ4n) is 1.84. The lowest BCUT2D eigenvalue weighted by molar-refractivity contribution is 0.0698. The highest BCUT2D eigenvalue weighted by molar-refractivity contribution is 5.95. The van der Waals surface area contributed by atoms with Crippen LogP contribution in [0.2, 0.25) is 0 Å². The molecule has 0 heterocycles. The number of ether oxygens (including phenoxy) is 1. The smallest absolute Gasteiger partial charge is 0.337 e. The summed E-state index contributed by atoms with van der Waals surface area (Å²) in [4.78, 5) is 11.0. The minimum absolute atomic E-state index is 0.00796. The number of carboxylic acids is 1. The highest BCUT2D eigenvalue weighted by atomic mass is 19.1. The lowest BCUT2D eigenvalue weighted by atomic mass is 10.1. The number of nitrogens with two attached hydrogens (primary N) is 1.